The van der Waals surface area contributed by atoms with Crippen molar-refractivity contribution in [3.63, 3.8) is 0 Å². The summed E-state index contributed by atoms with van der Waals surface area (Å²) in [6, 6.07) is 4.81. The number of hydrogen-bond donors (Lipinski definition) is 1. The van der Waals surface area contributed by atoms with Gasteiger partial charge in [0, 0.05) is 7.11 Å². The van der Waals surface area contributed by atoms with Gasteiger partial charge in [0.05, 0.1) is 24.7 Å². The lowest BCUT2D eigenvalue weighted by atomic mass is 9.72. The van der Waals surface area contributed by atoms with Gasteiger partial charge >= 0.3 is 0 Å². The van der Waals surface area contributed by atoms with Crippen LogP contribution in [0.5, 0.6) is 0 Å². The highest BCUT2D eigenvalue weighted by atomic mass is 32.2. The maximum Gasteiger partial charge on any atom is 0.294 e. The van der Waals surface area contributed by atoms with E-state index < -0.39 is 10.1 Å². The molecule has 1 rings (SSSR count). The molecule has 1 N–H and O–H groups in total. The highest BCUT2D eigenvalue weighted by Crippen LogP contribution is 2.38. The second-order valence-electron chi connectivity index (χ2n) is 5.68. The van der Waals surface area contributed by atoms with Gasteiger partial charge in [-0.15, -0.1) is 0 Å². The smallest absolute Gasteiger partial charge is 0.294 e. The second kappa shape index (κ2) is 8.78. The van der Waals surface area contributed by atoms with Crippen LogP contribution in [0.4, 0.5) is 0 Å². The van der Waals surface area contributed by atoms with Crippen LogP contribution < -0.4 is 0 Å². The number of benzene rings is 1. The molecule has 6 heteroatoms. The van der Waals surface area contributed by atoms with E-state index in [0.717, 1.165) is 30.4 Å². The highest BCUT2D eigenvalue weighted by molar-refractivity contribution is 7.85. The van der Waals surface area contributed by atoms with Crippen molar-refractivity contribution >= 4 is 10.1 Å². The van der Waals surface area contributed by atoms with Gasteiger partial charge in [-0.05, 0) is 47.9 Å². The third-order valence-corrected chi connectivity index (χ3v) is 5.52. The Morgan fingerprint density at radius 2 is 1.70 bits per heavy atom. The number of ether oxygens (including phenoxy) is 2. The summed E-state index contributed by atoms with van der Waals surface area (Å²) in [6.07, 6.45) is 2.86. The average Bonchev–Trinajstić information content (AvgIpc) is 2.53. The molecule has 0 unspecified atom stereocenters. The summed E-state index contributed by atoms with van der Waals surface area (Å²) in [6.45, 7) is 7.62. The zero-order valence-corrected chi connectivity index (χ0v) is 15.3. The van der Waals surface area contributed by atoms with E-state index in [1.807, 2.05) is 6.07 Å². The molecule has 0 aliphatic rings. The summed E-state index contributed by atoms with van der Waals surface area (Å²) < 4.78 is 42.7. The molecule has 1 aromatic rings. The van der Waals surface area contributed by atoms with Crippen molar-refractivity contribution in [2.24, 2.45) is 0 Å². The Bertz CT molecular complexity index is 583. The summed E-state index contributed by atoms with van der Waals surface area (Å²) in [5, 5.41) is 0. The molecule has 0 aliphatic heterocycles. The third kappa shape index (κ3) is 5.01. The molecule has 0 heterocycles. The molecule has 23 heavy (non-hydrogen) atoms. The zero-order chi connectivity index (χ0) is 17.5. The fourth-order valence-corrected chi connectivity index (χ4v) is 3.54. The first-order valence-electron chi connectivity index (χ1n) is 8.02. The van der Waals surface area contributed by atoms with Crippen molar-refractivity contribution in [2.45, 2.75) is 57.0 Å². The van der Waals surface area contributed by atoms with Gasteiger partial charge in [0.15, 0.2) is 0 Å². The van der Waals surface area contributed by atoms with E-state index in [9.17, 15) is 13.0 Å². The Morgan fingerprint density at radius 1 is 1.09 bits per heavy atom. The van der Waals surface area contributed by atoms with Crippen LogP contribution in [0.25, 0.3) is 0 Å². The predicted octanol–water partition coefficient (Wildman–Crippen LogP) is 3.56. The van der Waals surface area contributed by atoms with Crippen LogP contribution in [-0.2, 0) is 31.6 Å². The number of hydrogen-bond acceptors (Lipinski definition) is 4. The van der Waals surface area contributed by atoms with Gasteiger partial charge in [-0.2, -0.15) is 8.42 Å². The van der Waals surface area contributed by atoms with Crippen molar-refractivity contribution < 1.29 is 22.4 Å². The third-order valence-electron chi connectivity index (χ3n) is 4.67. The molecule has 0 spiro atoms. The van der Waals surface area contributed by atoms with Gasteiger partial charge < -0.3 is 9.47 Å². The minimum atomic E-state index is -4.22. The Morgan fingerprint density at radius 3 is 2.17 bits per heavy atom. The van der Waals surface area contributed by atoms with Gasteiger partial charge in [0.1, 0.15) is 0 Å². The largest absolute Gasteiger partial charge is 0.382 e. The Labute approximate surface area is 139 Å². The molecule has 0 aromatic heterocycles. The molecule has 0 radical (unpaired) electrons. The Hall–Kier alpha value is -0.950. The molecule has 0 atom stereocenters. The van der Waals surface area contributed by atoms with Crippen molar-refractivity contribution in [3.05, 3.63) is 29.3 Å². The van der Waals surface area contributed by atoms with Gasteiger partial charge in [-0.3, -0.25) is 4.55 Å². The first kappa shape index (κ1) is 20.1. The molecule has 0 aliphatic carbocycles. The van der Waals surface area contributed by atoms with Crippen molar-refractivity contribution in [3.8, 4) is 0 Å². The minimum absolute atomic E-state index is 0.0162. The summed E-state index contributed by atoms with van der Waals surface area (Å²) >= 11 is 0. The van der Waals surface area contributed by atoms with E-state index in [1.165, 1.54) is 12.1 Å². The van der Waals surface area contributed by atoms with Crippen LogP contribution in [0.3, 0.4) is 0 Å². The molecule has 132 valence electrons. The summed E-state index contributed by atoms with van der Waals surface area (Å²) in [4.78, 5) is -0.0937. The first-order valence-corrected chi connectivity index (χ1v) is 9.46. The number of methoxy groups -OCH3 is 1. The summed E-state index contributed by atoms with van der Waals surface area (Å²) in [5.74, 6) is 0. The monoisotopic (exact) mass is 344 g/mol. The number of rotatable bonds is 10. The summed E-state index contributed by atoms with van der Waals surface area (Å²) in [5.41, 5.74) is 1.88. The van der Waals surface area contributed by atoms with Crippen LogP contribution in [-0.4, -0.2) is 33.3 Å². The SMILES string of the molecule is CCC(CC)(CC)c1ccc(S(=O)(=O)O)cc1COCCOC. The van der Waals surface area contributed by atoms with E-state index in [1.54, 1.807) is 7.11 Å². The maximum atomic E-state index is 11.4. The van der Waals surface area contributed by atoms with E-state index in [-0.39, 0.29) is 10.3 Å². The van der Waals surface area contributed by atoms with Crippen LogP contribution in [0.15, 0.2) is 23.1 Å². The molecular formula is C17H28O5S. The Balaban J connectivity index is 3.27. The lowest BCUT2D eigenvalue weighted by Gasteiger charge is -2.33. The van der Waals surface area contributed by atoms with Crippen molar-refractivity contribution in [2.75, 3.05) is 20.3 Å². The quantitative estimate of drug-likeness (QED) is 0.519. The lowest BCUT2D eigenvalue weighted by Crippen LogP contribution is -2.25. The lowest BCUT2D eigenvalue weighted by molar-refractivity contribution is 0.0607. The van der Waals surface area contributed by atoms with Crippen LogP contribution in [0.2, 0.25) is 0 Å². The van der Waals surface area contributed by atoms with E-state index in [0.29, 0.717) is 19.8 Å². The van der Waals surface area contributed by atoms with E-state index >= 15 is 0 Å². The maximum absolute atomic E-state index is 11.4. The van der Waals surface area contributed by atoms with Gasteiger partial charge in [0.25, 0.3) is 10.1 Å². The van der Waals surface area contributed by atoms with E-state index in [4.69, 9.17) is 9.47 Å². The molecule has 0 bridgehead atoms. The van der Waals surface area contributed by atoms with Crippen molar-refractivity contribution in [1.29, 1.82) is 0 Å². The van der Waals surface area contributed by atoms with Gasteiger partial charge in [-0.1, -0.05) is 26.8 Å². The molecule has 0 amide bonds. The summed E-state index contributed by atoms with van der Waals surface area (Å²) in [7, 11) is -2.62. The molecule has 5 nitrogen and oxygen atoms in total. The molecule has 0 saturated carbocycles. The standard InChI is InChI=1S/C17H28O5S/c1-5-17(6-2,7-3)16-9-8-15(23(18,19)20)12-14(16)13-22-11-10-21-4/h8-9,12H,5-7,10-11,13H2,1-4H3,(H,18,19,20). The molecule has 0 fully saturated rings. The van der Waals surface area contributed by atoms with Crippen LogP contribution in [0, 0.1) is 0 Å². The fourth-order valence-electron chi connectivity index (χ4n) is 3.01. The molecule has 0 saturated heterocycles. The van der Waals surface area contributed by atoms with Crippen molar-refractivity contribution in [1.82, 2.24) is 0 Å². The molecular weight excluding hydrogens is 316 g/mol. The van der Waals surface area contributed by atoms with Gasteiger partial charge in [0.2, 0.25) is 0 Å². The second-order valence-corrected chi connectivity index (χ2v) is 7.10. The topological polar surface area (TPSA) is 72.8 Å². The van der Waals surface area contributed by atoms with Crippen LogP contribution >= 0.6 is 0 Å². The fraction of sp³-hybridized carbons (Fsp3) is 0.647. The Kier molecular flexibility index (Phi) is 7.67. The normalized spacial score (nSPS) is 12.6. The minimum Gasteiger partial charge on any atom is -0.382 e. The van der Waals surface area contributed by atoms with Crippen LogP contribution in [0.1, 0.15) is 51.2 Å². The highest BCUT2D eigenvalue weighted by Gasteiger charge is 2.29. The zero-order valence-electron chi connectivity index (χ0n) is 14.5. The predicted molar refractivity (Wildman–Crippen MR) is 90.3 cm³/mol. The molecule has 1 aromatic carbocycles. The van der Waals surface area contributed by atoms with Gasteiger partial charge in [-0.25, -0.2) is 0 Å². The average molecular weight is 344 g/mol. The first-order chi connectivity index (χ1) is 10.8. The van der Waals surface area contributed by atoms with E-state index in [2.05, 4.69) is 20.8 Å².